The highest BCUT2D eigenvalue weighted by Crippen LogP contribution is 2.17. The number of carbonyl (C=O) groups is 2. The van der Waals surface area contributed by atoms with E-state index < -0.39 is 12.0 Å². The number of carbonyl (C=O) groups excluding carboxylic acids is 2. The van der Waals surface area contributed by atoms with Crippen molar-refractivity contribution in [3.05, 3.63) is 118 Å². The Hall–Kier alpha value is -4.19. The van der Waals surface area contributed by atoms with Gasteiger partial charge < -0.3 is 15.0 Å². The molecule has 1 aromatic heterocycles. The first-order valence-electron chi connectivity index (χ1n) is 10.7. The standard InChI is InChI=1S/C27H24N2O4/c1-18-11-13-20(14-12-18)26(31)29-24(27(32)33-17-19-7-3-2-4-8-19)15-21-16-25(30)28-23-10-6-5-9-22(21)23/h2-14,16,24H,15,17H2,1H3,(H,28,30)(H,29,31). The predicted octanol–water partition coefficient (Wildman–Crippen LogP) is 3.92. The van der Waals surface area contributed by atoms with Gasteiger partial charge in [0.15, 0.2) is 0 Å². The molecule has 6 heteroatoms. The van der Waals surface area contributed by atoms with E-state index in [0.29, 0.717) is 16.6 Å². The molecule has 0 aliphatic carbocycles. The molecule has 1 atom stereocenters. The Balaban J connectivity index is 1.60. The van der Waals surface area contributed by atoms with Gasteiger partial charge in [0, 0.05) is 29.0 Å². The number of para-hydroxylation sites is 1. The number of nitrogens with one attached hydrogen (secondary N) is 2. The van der Waals surface area contributed by atoms with Gasteiger partial charge >= 0.3 is 5.97 Å². The summed E-state index contributed by atoms with van der Waals surface area (Å²) in [6, 6.07) is 24.3. The zero-order chi connectivity index (χ0) is 23.2. The summed E-state index contributed by atoms with van der Waals surface area (Å²) in [7, 11) is 0. The highest BCUT2D eigenvalue weighted by molar-refractivity contribution is 5.97. The van der Waals surface area contributed by atoms with Gasteiger partial charge in [0.05, 0.1) is 0 Å². The van der Waals surface area contributed by atoms with Crippen LogP contribution in [0, 0.1) is 6.92 Å². The number of hydrogen-bond acceptors (Lipinski definition) is 4. The van der Waals surface area contributed by atoms with Crippen LogP contribution in [0.25, 0.3) is 10.9 Å². The Morgan fingerprint density at radius 2 is 1.64 bits per heavy atom. The summed E-state index contributed by atoms with van der Waals surface area (Å²) < 4.78 is 5.52. The maximum Gasteiger partial charge on any atom is 0.329 e. The van der Waals surface area contributed by atoms with E-state index in [1.807, 2.05) is 67.6 Å². The molecule has 1 amide bonds. The van der Waals surface area contributed by atoms with Crippen LogP contribution in [-0.2, 0) is 22.6 Å². The van der Waals surface area contributed by atoms with Crippen molar-refractivity contribution in [2.45, 2.75) is 26.0 Å². The molecule has 166 valence electrons. The lowest BCUT2D eigenvalue weighted by molar-refractivity contribution is -0.147. The summed E-state index contributed by atoms with van der Waals surface area (Å²) in [4.78, 5) is 40.9. The third-order valence-corrected chi connectivity index (χ3v) is 5.39. The van der Waals surface area contributed by atoms with Gasteiger partial charge in [-0.25, -0.2) is 4.79 Å². The monoisotopic (exact) mass is 440 g/mol. The minimum atomic E-state index is -0.965. The number of pyridine rings is 1. The van der Waals surface area contributed by atoms with Gasteiger partial charge in [-0.05, 0) is 36.2 Å². The summed E-state index contributed by atoms with van der Waals surface area (Å²) in [5.74, 6) is -0.950. The molecule has 33 heavy (non-hydrogen) atoms. The van der Waals surface area contributed by atoms with Gasteiger partial charge in [0.25, 0.3) is 5.91 Å². The van der Waals surface area contributed by atoms with Gasteiger partial charge in [-0.3, -0.25) is 9.59 Å². The molecule has 0 bridgehead atoms. The molecule has 4 rings (SSSR count). The second-order valence-corrected chi connectivity index (χ2v) is 7.89. The van der Waals surface area contributed by atoms with E-state index in [1.54, 1.807) is 18.2 Å². The second kappa shape index (κ2) is 9.96. The van der Waals surface area contributed by atoms with Gasteiger partial charge in [0.1, 0.15) is 12.6 Å². The Bertz CT molecular complexity index is 1330. The molecule has 2 N–H and O–H groups in total. The van der Waals surface area contributed by atoms with Crippen molar-refractivity contribution in [3.63, 3.8) is 0 Å². The number of amides is 1. The fraction of sp³-hybridized carbons (Fsp3) is 0.148. The Morgan fingerprint density at radius 3 is 2.39 bits per heavy atom. The van der Waals surface area contributed by atoms with Crippen LogP contribution in [0.2, 0.25) is 0 Å². The van der Waals surface area contributed by atoms with Crippen LogP contribution in [0.4, 0.5) is 0 Å². The van der Waals surface area contributed by atoms with E-state index in [4.69, 9.17) is 4.74 Å². The lowest BCUT2D eigenvalue weighted by atomic mass is 10.0. The quantitative estimate of drug-likeness (QED) is 0.427. The summed E-state index contributed by atoms with van der Waals surface area (Å²) in [6.07, 6.45) is 0.121. The fourth-order valence-corrected chi connectivity index (χ4v) is 3.63. The van der Waals surface area contributed by atoms with Crippen LogP contribution >= 0.6 is 0 Å². The fourth-order valence-electron chi connectivity index (χ4n) is 3.63. The van der Waals surface area contributed by atoms with Crippen molar-refractivity contribution in [3.8, 4) is 0 Å². The molecule has 0 fully saturated rings. The van der Waals surface area contributed by atoms with Crippen LogP contribution in [0.15, 0.2) is 89.7 Å². The Labute approximate surface area is 191 Å². The molecule has 0 radical (unpaired) electrons. The number of aryl methyl sites for hydroxylation is 1. The lowest BCUT2D eigenvalue weighted by Crippen LogP contribution is -2.43. The molecule has 0 saturated heterocycles. The first-order valence-corrected chi connectivity index (χ1v) is 10.7. The number of hydrogen-bond donors (Lipinski definition) is 2. The SMILES string of the molecule is Cc1ccc(C(=O)NC(Cc2cc(=O)[nH]c3ccccc23)C(=O)OCc2ccccc2)cc1. The number of rotatable bonds is 7. The van der Waals surface area contributed by atoms with Crippen molar-refractivity contribution in [1.82, 2.24) is 10.3 Å². The smallest absolute Gasteiger partial charge is 0.329 e. The maximum atomic E-state index is 13.0. The van der Waals surface area contributed by atoms with Crippen molar-refractivity contribution in [2.24, 2.45) is 0 Å². The largest absolute Gasteiger partial charge is 0.459 e. The van der Waals surface area contributed by atoms with Gasteiger partial charge in [0.2, 0.25) is 5.56 Å². The van der Waals surface area contributed by atoms with Crippen LogP contribution in [0.3, 0.4) is 0 Å². The average Bonchev–Trinajstić information content (AvgIpc) is 2.83. The minimum Gasteiger partial charge on any atom is -0.459 e. The summed E-state index contributed by atoms with van der Waals surface area (Å²) >= 11 is 0. The molecular formula is C27H24N2O4. The number of fused-ring (bicyclic) bond motifs is 1. The van der Waals surface area contributed by atoms with Gasteiger partial charge in [-0.1, -0.05) is 66.2 Å². The van der Waals surface area contributed by atoms with Gasteiger partial charge in [-0.2, -0.15) is 0 Å². The summed E-state index contributed by atoms with van der Waals surface area (Å²) in [6.45, 7) is 2.02. The number of aromatic amines is 1. The molecule has 1 unspecified atom stereocenters. The zero-order valence-electron chi connectivity index (χ0n) is 18.2. The zero-order valence-corrected chi connectivity index (χ0v) is 18.2. The maximum absolute atomic E-state index is 13.0. The van der Waals surface area contributed by atoms with Crippen LogP contribution < -0.4 is 10.9 Å². The molecule has 0 saturated carbocycles. The summed E-state index contributed by atoms with van der Waals surface area (Å²) in [5, 5.41) is 3.60. The van der Waals surface area contributed by atoms with Crippen molar-refractivity contribution < 1.29 is 14.3 Å². The van der Waals surface area contributed by atoms with E-state index in [-0.39, 0.29) is 24.5 Å². The van der Waals surface area contributed by atoms with Gasteiger partial charge in [-0.15, -0.1) is 0 Å². The Kier molecular flexibility index (Phi) is 6.64. The van der Waals surface area contributed by atoms with Crippen molar-refractivity contribution in [1.29, 1.82) is 0 Å². The van der Waals surface area contributed by atoms with Crippen molar-refractivity contribution in [2.75, 3.05) is 0 Å². The molecule has 0 aliphatic heterocycles. The van der Waals surface area contributed by atoms with Crippen LogP contribution in [0.1, 0.15) is 27.0 Å². The molecule has 3 aromatic carbocycles. The third-order valence-electron chi connectivity index (χ3n) is 5.39. The highest BCUT2D eigenvalue weighted by Gasteiger charge is 2.24. The van der Waals surface area contributed by atoms with E-state index in [0.717, 1.165) is 16.5 Å². The van der Waals surface area contributed by atoms with E-state index in [9.17, 15) is 14.4 Å². The Morgan fingerprint density at radius 1 is 0.939 bits per heavy atom. The lowest BCUT2D eigenvalue weighted by Gasteiger charge is -2.19. The van der Waals surface area contributed by atoms with E-state index in [2.05, 4.69) is 10.3 Å². The van der Waals surface area contributed by atoms with E-state index in [1.165, 1.54) is 6.07 Å². The number of H-pyrrole nitrogens is 1. The number of aromatic nitrogens is 1. The van der Waals surface area contributed by atoms with Crippen molar-refractivity contribution >= 4 is 22.8 Å². The first-order chi connectivity index (χ1) is 16.0. The first kappa shape index (κ1) is 22.0. The highest BCUT2D eigenvalue weighted by atomic mass is 16.5. The third kappa shape index (κ3) is 5.54. The topological polar surface area (TPSA) is 88.3 Å². The molecule has 6 nitrogen and oxygen atoms in total. The molecule has 1 heterocycles. The van der Waals surface area contributed by atoms with Crippen LogP contribution in [-0.4, -0.2) is 22.9 Å². The van der Waals surface area contributed by atoms with E-state index >= 15 is 0 Å². The number of benzene rings is 3. The predicted molar refractivity (Wildman–Crippen MR) is 127 cm³/mol. The minimum absolute atomic E-state index is 0.0900. The number of ether oxygens (including phenoxy) is 1. The summed E-state index contributed by atoms with van der Waals surface area (Å²) in [5.41, 5.74) is 3.36. The molecule has 0 aliphatic rings. The average molecular weight is 440 g/mol. The van der Waals surface area contributed by atoms with Crippen LogP contribution in [0.5, 0.6) is 0 Å². The molecule has 0 spiro atoms. The molecular weight excluding hydrogens is 416 g/mol. The second-order valence-electron chi connectivity index (χ2n) is 7.89. The number of esters is 1. The normalized spacial score (nSPS) is 11.7. The molecule has 4 aromatic rings.